The molecule has 5 heteroatoms. The highest BCUT2D eigenvalue weighted by Gasteiger charge is 2.41. The van der Waals surface area contributed by atoms with Gasteiger partial charge < -0.3 is 10.2 Å². The van der Waals surface area contributed by atoms with E-state index in [0.717, 1.165) is 24.1 Å². The zero-order valence-corrected chi connectivity index (χ0v) is 16.1. The van der Waals surface area contributed by atoms with Crippen LogP contribution in [0.5, 0.6) is 0 Å². The predicted molar refractivity (Wildman–Crippen MR) is 101 cm³/mol. The Hall–Kier alpha value is -1.49. The van der Waals surface area contributed by atoms with Gasteiger partial charge in [0.25, 0.3) is 0 Å². The fraction of sp³-hybridized carbons (Fsp3) is 0.579. The minimum absolute atomic E-state index is 0.0682. The van der Waals surface area contributed by atoms with Gasteiger partial charge in [-0.2, -0.15) is 0 Å². The fourth-order valence-corrected chi connectivity index (χ4v) is 4.40. The van der Waals surface area contributed by atoms with Gasteiger partial charge in [0.15, 0.2) is 0 Å². The number of nitrogens with zero attached hydrogens (tertiary/aromatic N) is 1. The normalized spacial score (nSPS) is 20.5. The van der Waals surface area contributed by atoms with E-state index in [-0.39, 0.29) is 29.1 Å². The summed E-state index contributed by atoms with van der Waals surface area (Å²) in [6.45, 7) is 9.98. The number of thioether (sulfide) groups is 1. The molecule has 1 fully saturated rings. The number of rotatable bonds is 5. The third kappa shape index (κ3) is 4.12. The minimum atomic E-state index is -0.386. The Labute approximate surface area is 149 Å². The van der Waals surface area contributed by atoms with Crippen LogP contribution in [0.2, 0.25) is 0 Å². The zero-order valence-electron chi connectivity index (χ0n) is 15.3. The number of carbonyl (C=O) groups excluding carboxylic acids is 2. The van der Waals surface area contributed by atoms with Crippen molar-refractivity contribution in [1.82, 2.24) is 4.90 Å². The van der Waals surface area contributed by atoms with Gasteiger partial charge >= 0.3 is 0 Å². The maximum atomic E-state index is 12.8. The molecule has 1 aliphatic heterocycles. The number of hydrogen-bond acceptors (Lipinski definition) is 3. The van der Waals surface area contributed by atoms with Crippen LogP contribution in [0.15, 0.2) is 18.2 Å². The molecule has 0 spiro atoms. The summed E-state index contributed by atoms with van der Waals surface area (Å²) in [5.41, 5.74) is 3.14. The van der Waals surface area contributed by atoms with Gasteiger partial charge in [-0.15, -0.1) is 11.8 Å². The molecule has 2 rings (SSSR count). The van der Waals surface area contributed by atoms with Crippen LogP contribution in [0.1, 0.15) is 44.7 Å². The Morgan fingerprint density at radius 1 is 1.29 bits per heavy atom. The van der Waals surface area contributed by atoms with Crippen LogP contribution < -0.4 is 5.32 Å². The van der Waals surface area contributed by atoms with Crippen molar-refractivity contribution in [2.24, 2.45) is 5.92 Å². The van der Waals surface area contributed by atoms with Gasteiger partial charge in [0.2, 0.25) is 11.8 Å². The van der Waals surface area contributed by atoms with Crippen molar-refractivity contribution in [3.8, 4) is 0 Å². The molecule has 1 N–H and O–H groups in total. The van der Waals surface area contributed by atoms with Gasteiger partial charge in [-0.25, -0.2) is 0 Å². The van der Waals surface area contributed by atoms with Gasteiger partial charge in [0.05, 0.1) is 5.37 Å². The number of aryl methyl sites for hydroxylation is 2. The van der Waals surface area contributed by atoms with Crippen LogP contribution in [0.3, 0.4) is 0 Å². The molecule has 24 heavy (non-hydrogen) atoms. The van der Waals surface area contributed by atoms with Gasteiger partial charge in [-0.3, -0.25) is 9.59 Å². The van der Waals surface area contributed by atoms with Gasteiger partial charge in [-0.05, 0) is 43.5 Å². The number of anilines is 1. The predicted octanol–water partition coefficient (Wildman–Crippen LogP) is 3.97. The van der Waals surface area contributed by atoms with E-state index in [9.17, 15) is 9.59 Å². The maximum Gasteiger partial charge on any atom is 0.248 e. The largest absolute Gasteiger partial charge is 0.324 e. The van der Waals surface area contributed by atoms with Crippen LogP contribution in [-0.4, -0.2) is 33.9 Å². The summed E-state index contributed by atoms with van der Waals surface area (Å²) in [5.74, 6) is 0.553. The highest BCUT2D eigenvalue weighted by Crippen LogP contribution is 2.34. The molecule has 1 aliphatic rings. The molecule has 0 saturated carbocycles. The lowest BCUT2D eigenvalue weighted by molar-refractivity contribution is -0.140. The zero-order chi connectivity index (χ0) is 17.9. The summed E-state index contributed by atoms with van der Waals surface area (Å²) in [6, 6.07) is 5.52. The average molecular weight is 349 g/mol. The smallest absolute Gasteiger partial charge is 0.248 e. The number of benzene rings is 1. The van der Waals surface area contributed by atoms with Crippen molar-refractivity contribution in [2.45, 2.75) is 58.9 Å². The Bertz CT molecular complexity index is 615. The van der Waals surface area contributed by atoms with E-state index in [0.29, 0.717) is 5.75 Å². The van der Waals surface area contributed by atoms with E-state index in [4.69, 9.17) is 0 Å². The summed E-state index contributed by atoms with van der Waals surface area (Å²) in [7, 11) is 0. The fourth-order valence-electron chi connectivity index (χ4n) is 2.87. The van der Waals surface area contributed by atoms with E-state index >= 15 is 0 Å². The molecular formula is C19H28N2O2S. The average Bonchev–Trinajstić information content (AvgIpc) is 2.94. The Morgan fingerprint density at radius 3 is 2.58 bits per heavy atom. The van der Waals surface area contributed by atoms with E-state index in [1.54, 1.807) is 11.8 Å². The number of amides is 2. The molecule has 2 unspecified atom stereocenters. The first-order valence-corrected chi connectivity index (χ1v) is 9.72. The van der Waals surface area contributed by atoms with Crippen molar-refractivity contribution in [3.05, 3.63) is 29.3 Å². The summed E-state index contributed by atoms with van der Waals surface area (Å²) < 4.78 is 0. The van der Waals surface area contributed by atoms with E-state index < -0.39 is 0 Å². The number of carbonyl (C=O) groups is 2. The van der Waals surface area contributed by atoms with Crippen molar-refractivity contribution in [3.63, 3.8) is 0 Å². The third-order valence-electron chi connectivity index (χ3n) is 4.45. The lowest BCUT2D eigenvalue weighted by Gasteiger charge is -2.30. The second-order valence-electron chi connectivity index (χ2n) is 6.78. The van der Waals surface area contributed by atoms with Gasteiger partial charge in [-0.1, -0.05) is 33.3 Å². The van der Waals surface area contributed by atoms with Crippen molar-refractivity contribution >= 4 is 29.3 Å². The quantitative estimate of drug-likeness (QED) is 0.876. The topological polar surface area (TPSA) is 49.4 Å². The Morgan fingerprint density at radius 2 is 2.00 bits per heavy atom. The lowest BCUT2D eigenvalue weighted by Crippen LogP contribution is -2.49. The molecule has 0 aliphatic carbocycles. The summed E-state index contributed by atoms with van der Waals surface area (Å²) in [5, 5.41) is 3.10. The second-order valence-corrected chi connectivity index (χ2v) is 7.99. The molecule has 1 saturated heterocycles. The lowest BCUT2D eigenvalue weighted by atomic mass is 10.1. The molecule has 2 atom stereocenters. The van der Waals surface area contributed by atoms with E-state index in [1.807, 2.05) is 50.8 Å². The molecule has 4 nitrogen and oxygen atoms in total. The number of nitrogens with one attached hydrogen (secondary N) is 1. The highest BCUT2D eigenvalue weighted by atomic mass is 32.2. The molecular weight excluding hydrogens is 320 g/mol. The molecule has 2 amide bonds. The Kier molecular flexibility index (Phi) is 6.33. The van der Waals surface area contributed by atoms with E-state index in [2.05, 4.69) is 12.2 Å². The maximum absolute atomic E-state index is 12.8. The SMILES string of the molecule is CCCC1SCC(C(=O)Nc2ccc(C)c(C)c2)N1C(=O)C(C)C. The first-order valence-electron chi connectivity index (χ1n) is 8.67. The minimum Gasteiger partial charge on any atom is -0.324 e. The molecule has 0 bridgehead atoms. The molecule has 1 heterocycles. The first-order chi connectivity index (χ1) is 11.3. The van der Waals surface area contributed by atoms with Crippen LogP contribution in [0.25, 0.3) is 0 Å². The van der Waals surface area contributed by atoms with Crippen molar-refractivity contribution in [2.75, 3.05) is 11.1 Å². The molecule has 0 aromatic heterocycles. The third-order valence-corrected chi connectivity index (χ3v) is 5.81. The highest BCUT2D eigenvalue weighted by molar-refractivity contribution is 8.00. The van der Waals surface area contributed by atoms with Crippen molar-refractivity contribution < 1.29 is 9.59 Å². The summed E-state index contributed by atoms with van der Waals surface area (Å²) in [6.07, 6.45) is 1.93. The van der Waals surface area contributed by atoms with Gasteiger partial charge in [0, 0.05) is 17.4 Å². The van der Waals surface area contributed by atoms with Crippen molar-refractivity contribution in [1.29, 1.82) is 0 Å². The van der Waals surface area contributed by atoms with Crippen LogP contribution in [-0.2, 0) is 9.59 Å². The summed E-state index contributed by atoms with van der Waals surface area (Å²) >= 11 is 1.72. The van der Waals surface area contributed by atoms with Crippen LogP contribution in [0, 0.1) is 19.8 Å². The summed E-state index contributed by atoms with van der Waals surface area (Å²) in [4.78, 5) is 27.2. The Balaban J connectivity index is 2.16. The van der Waals surface area contributed by atoms with E-state index in [1.165, 1.54) is 5.56 Å². The van der Waals surface area contributed by atoms with Gasteiger partial charge in [0.1, 0.15) is 6.04 Å². The molecule has 1 aromatic rings. The molecule has 0 radical (unpaired) electrons. The first kappa shape index (κ1) is 18.8. The molecule has 132 valence electrons. The van der Waals surface area contributed by atoms with Crippen LogP contribution in [0.4, 0.5) is 5.69 Å². The number of hydrogen-bond donors (Lipinski definition) is 1. The van der Waals surface area contributed by atoms with Crippen LogP contribution >= 0.6 is 11.8 Å². The standard InChI is InChI=1S/C19H28N2O2S/c1-6-7-17-21(19(23)12(2)3)16(11-24-17)18(22)20-15-9-8-13(4)14(5)10-15/h8-10,12,16-17H,6-7,11H2,1-5H3,(H,20,22). The second kappa shape index (κ2) is 8.06. The molecule has 1 aromatic carbocycles. The monoisotopic (exact) mass is 348 g/mol.